The maximum Gasteiger partial charge on any atom is 0.244 e. The van der Waals surface area contributed by atoms with E-state index in [4.69, 9.17) is 17.3 Å². The van der Waals surface area contributed by atoms with Gasteiger partial charge >= 0.3 is 0 Å². The number of halogens is 1. The van der Waals surface area contributed by atoms with E-state index >= 15 is 0 Å². The van der Waals surface area contributed by atoms with Crippen molar-refractivity contribution < 1.29 is 8.42 Å². The normalized spacial score (nSPS) is 27.4. The molecule has 2 fully saturated rings. The molecule has 110 valence electrons. The van der Waals surface area contributed by atoms with Crippen LogP contribution in [-0.4, -0.2) is 30.3 Å². The molecule has 1 aliphatic heterocycles. The summed E-state index contributed by atoms with van der Waals surface area (Å²) in [6.45, 7) is 0.589. The van der Waals surface area contributed by atoms with Crippen LogP contribution in [0.4, 0.5) is 5.82 Å². The molecule has 0 radical (unpaired) electrons. The van der Waals surface area contributed by atoms with Crippen LogP contribution in [0.15, 0.2) is 17.2 Å². The van der Waals surface area contributed by atoms with Gasteiger partial charge in [0.1, 0.15) is 10.7 Å². The summed E-state index contributed by atoms with van der Waals surface area (Å²) in [6.07, 6.45) is 6.57. The second-order valence-corrected chi connectivity index (χ2v) is 7.85. The van der Waals surface area contributed by atoms with Gasteiger partial charge in [-0.1, -0.05) is 18.0 Å². The first-order valence-electron chi connectivity index (χ1n) is 6.93. The van der Waals surface area contributed by atoms with Crippen LogP contribution in [0.2, 0.25) is 5.02 Å². The van der Waals surface area contributed by atoms with E-state index in [1.165, 1.54) is 12.3 Å². The minimum Gasteiger partial charge on any atom is -0.382 e. The summed E-state index contributed by atoms with van der Waals surface area (Å²) < 4.78 is 27.2. The highest BCUT2D eigenvalue weighted by atomic mass is 35.5. The molecule has 2 heterocycles. The monoisotopic (exact) mass is 315 g/mol. The zero-order chi connectivity index (χ0) is 14.3. The van der Waals surface area contributed by atoms with E-state index in [-0.39, 0.29) is 21.8 Å². The van der Waals surface area contributed by atoms with Gasteiger partial charge in [0.25, 0.3) is 0 Å². The predicted octanol–water partition coefficient (Wildman–Crippen LogP) is 2.27. The number of hydrogen-bond acceptors (Lipinski definition) is 4. The van der Waals surface area contributed by atoms with Gasteiger partial charge in [-0.15, -0.1) is 0 Å². The average molecular weight is 316 g/mol. The Kier molecular flexibility index (Phi) is 3.64. The van der Waals surface area contributed by atoms with Crippen molar-refractivity contribution in [3.05, 3.63) is 17.3 Å². The highest BCUT2D eigenvalue weighted by Crippen LogP contribution is 2.39. The first-order chi connectivity index (χ1) is 9.50. The fourth-order valence-corrected chi connectivity index (χ4v) is 5.37. The van der Waals surface area contributed by atoms with Crippen molar-refractivity contribution in [2.75, 3.05) is 12.3 Å². The van der Waals surface area contributed by atoms with E-state index in [0.29, 0.717) is 12.5 Å². The molecule has 2 unspecified atom stereocenters. The summed E-state index contributed by atoms with van der Waals surface area (Å²) in [7, 11) is -3.52. The molecule has 5 nitrogen and oxygen atoms in total. The molecule has 0 spiro atoms. The molecule has 20 heavy (non-hydrogen) atoms. The number of nitrogen functional groups attached to an aromatic ring is 1. The topological polar surface area (TPSA) is 76.3 Å². The minimum absolute atomic E-state index is 0.143. The number of piperidine rings is 1. The van der Waals surface area contributed by atoms with Crippen LogP contribution >= 0.6 is 11.6 Å². The maximum atomic E-state index is 12.8. The lowest BCUT2D eigenvalue weighted by Crippen LogP contribution is -2.46. The van der Waals surface area contributed by atoms with Crippen LogP contribution in [0.1, 0.15) is 32.1 Å². The lowest BCUT2D eigenvalue weighted by Gasteiger charge is -2.36. The smallest absolute Gasteiger partial charge is 0.244 e. The molecule has 1 aromatic heterocycles. The quantitative estimate of drug-likeness (QED) is 0.908. The van der Waals surface area contributed by atoms with E-state index in [1.54, 1.807) is 4.31 Å². The van der Waals surface area contributed by atoms with E-state index < -0.39 is 10.0 Å². The molecule has 2 atom stereocenters. The summed E-state index contributed by atoms with van der Waals surface area (Å²) in [5, 5.41) is 0.186. The van der Waals surface area contributed by atoms with E-state index in [9.17, 15) is 8.42 Å². The highest BCUT2D eigenvalue weighted by molar-refractivity contribution is 7.89. The number of aromatic nitrogens is 1. The molecule has 3 rings (SSSR count). The first-order valence-corrected chi connectivity index (χ1v) is 8.75. The van der Waals surface area contributed by atoms with Gasteiger partial charge in [0.15, 0.2) is 0 Å². The summed E-state index contributed by atoms with van der Waals surface area (Å²) in [6, 6.07) is 1.54. The second kappa shape index (κ2) is 5.16. The molecule has 0 bridgehead atoms. The predicted molar refractivity (Wildman–Crippen MR) is 77.9 cm³/mol. The van der Waals surface area contributed by atoms with Crippen molar-refractivity contribution in [3.63, 3.8) is 0 Å². The maximum absolute atomic E-state index is 12.8. The summed E-state index contributed by atoms with van der Waals surface area (Å²) in [5.41, 5.74) is 5.54. The van der Waals surface area contributed by atoms with Gasteiger partial charge in [-0.25, -0.2) is 13.4 Å². The number of sulfonamides is 1. The molecular weight excluding hydrogens is 298 g/mol. The van der Waals surface area contributed by atoms with Gasteiger partial charge in [-0.05, 0) is 37.7 Å². The van der Waals surface area contributed by atoms with Crippen molar-refractivity contribution in [3.8, 4) is 0 Å². The number of rotatable bonds is 2. The Morgan fingerprint density at radius 2 is 2.05 bits per heavy atom. The molecule has 1 aromatic rings. The Morgan fingerprint density at radius 3 is 2.80 bits per heavy atom. The standard InChI is InChI=1S/C13H18ClN3O2S/c14-11-7-10(8-16-13(11)15)20(18,19)17-6-2-4-9-3-1-5-12(9)17/h7-9,12H,1-6H2,(H2,15,16). The van der Waals surface area contributed by atoms with Crippen LogP contribution in [-0.2, 0) is 10.0 Å². The summed E-state index contributed by atoms with van der Waals surface area (Å²) in [4.78, 5) is 4.01. The zero-order valence-electron chi connectivity index (χ0n) is 11.1. The van der Waals surface area contributed by atoms with Crippen LogP contribution in [0.3, 0.4) is 0 Å². The van der Waals surface area contributed by atoms with Crippen molar-refractivity contribution >= 4 is 27.4 Å². The lowest BCUT2D eigenvalue weighted by atomic mass is 9.94. The highest BCUT2D eigenvalue weighted by Gasteiger charge is 2.41. The van der Waals surface area contributed by atoms with Gasteiger partial charge in [-0.3, -0.25) is 0 Å². The van der Waals surface area contributed by atoms with E-state index in [0.717, 1.165) is 32.1 Å². The third kappa shape index (κ3) is 2.29. The fourth-order valence-electron chi connectivity index (χ4n) is 3.41. The third-order valence-electron chi connectivity index (χ3n) is 4.39. The van der Waals surface area contributed by atoms with Gasteiger partial charge in [0, 0.05) is 18.8 Å². The molecule has 2 N–H and O–H groups in total. The van der Waals surface area contributed by atoms with E-state index in [1.807, 2.05) is 0 Å². The first kappa shape index (κ1) is 14.1. The number of pyridine rings is 1. The van der Waals surface area contributed by atoms with Gasteiger partial charge in [0.2, 0.25) is 10.0 Å². The Labute approximate surface area is 124 Å². The Hall–Kier alpha value is -0.850. The molecule has 2 aliphatic rings. The van der Waals surface area contributed by atoms with Crippen LogP contribution < -0.4 is 5.73 Å². The molecule has 0 amide bonds. The van der Waals surface area contributed by atoms with Crippen molar-refractivity contribution in [2.45, 2.75) is 43.0 Å². The van der Waals surface area contributed by atoms with Crippen molar-refractivity contribution in [1.82, 2.24) is 9.29 Å². The van der Waals surface area contributed by atoms with Crippen molar-refractivity contribution in [1.29, 1.82) is 0 Å². The van der Waals surface area contributed by atoms with Crippen LogP contribution in [0, 0.1) is 5.92 Å². The van der Waals surface area contributed by atoms with Gasteiger partial charge in [0.05, 0.1) is 5.02 Å². The number of fused-ring (bicyclic) bond motifs is 1. The Bertz CT molecular complexity index is 620. The average Bonchev–Trinajstić information content (AvgIpc) is 2.89. The lowest BCUT2D eigenvalue weighted by molar-refractivity contribution is 0.202. The molecule has 7 heteroatoms. The van der Waals surface area contributed by atoms with Crippen LogP contribution in [0.5, 0.6) is 0 Å². The summed E-state index contributed by atoms with van der Waals surface area (Å²) in [5.74, 6) is 0.666. The van der Waals surface area contributed by atoms with Crippen LogP contribution in [0.25, 0.3) is 0 Å². The number of nitrogens with two attached hydrogens (primary N) is 1. The Morgan fingerprint density at radius 1 is 1.30 bits per heavy atom. The van der Waals surface area contributed by atoms with E-state index in [2.05, 4.69) is 4.98 Å². The van der Waals surface area contributed by atoms with Gasteiger partial charge in [-0.2, -0.15) is 4.31 Å². The molecule has 1 aliphatic carbocycles. The molecule has 1 saturated heterocycles. The second-order valence-electron chi connectivity index (χ2n) is 5.55. The minimum atomic E-state index is -3.52. The SMILES string of the molecule is Nc1ncc(S(=O)(=O)N2CCCC3CCCC32)cc1Cl. The largest absolute Gasteiger partial charge is 0.382 e. The summed E-state index contributed by atoms with van der Waals surface area (Å²) >= 11 is 5.90. The number of nitrogens with zero attached hydrogens (tertiary/aromatic N) is 2. The van der Waals surface area contributed by atoms with Crippen molar-refractivity contribution in [2.24, 2.45) is 5.92 Å². The molecular formula is C13H18ClN3O2S. The fraction of sp³-hybridized carbons (Fsp3) is 0.615. The molecule has 1 saturated carbocycles. The molecule has 0 aromatic carbocycles. The number of anilines is 1. The zero-order valence-corrected chi connectivity index (χ0v) is 12.7. The Balaban J connectivity index is 1.96. The third-order valence-corrected chi connectivity index (χ3v) is 6.59. The number of hydrogen-bond donors (Lipinski definition) is 1. The van der Waals surface area contributed by atoms with Gasteiger partial charge < -0.3 is 5.73 Å².